The van der Waals surface area contributed by atoms with Crippen molar-refractivity contribution >= 4 is 0 Å². The zero-order valence-corrected chi connectivity index (χ0v) is 36.2. The molecule has 2 saturated heterocycles. The van der Waals surface area contributed by atoms with Gasteiger partial charge in [-0.1, -0.05) is 199 Å². The highest BCUT2D eigenvalue weighted by Crippen LogP contribution is 2.40. The van der Waals surface area contributed by atoms with E-state index < -0.39 is 0 Å². The molecule has 2 aliphatic rings. The zero-order valence-electron chi connectivity index (χ0n) is 36.2. The van der Waals surface area contributed by atoms with Crippen LogP contribution in [0.1, 0.15) is 222 Å². The van der Waals surface area contributed by atoms with Gasteiger partial charge in [0, 0.05) is 17.0 Å². The standard InChI is InChI=1S/C51H84O4/c1-4-7-9-11-13-15-17-19-21-23-25-27-29-31-43-33-35-48(50(37-43)54-41-45-39-52-45)47(6-3)49-36-34-44(38-51(49)55-42-46-40-53-46)32-30-28-26-24-22-20-18-16-14-12-10-8-5-2/h33-38,45-47H,4-32,39-42H2,1-3H3. The first kappa shape index (κ1) is 45.7. The molecule has 0 spiro atoms. The molecule has 312 valence electrons. The zero-order chi connectivity index (χ0) is 38.6. The van der Waals surface area contributed by atoms with E-state index in [0.717, 1.165) is 44.0 Å². The number of hydrogen-bond acceptors (Lipinski definition) is 4. The normalized spacial score (nSPS) is 16.7. The fourth-order valence-corrected chi connectivity index (χ4v) is 8.29. The van der Waals surface area contributed by atoms with E-state index in [2.05, 4.69) is 57.2 Å². The van der Waals surface area contributed by atoms with Crippen molar-refractivity contribution in [1.82, 2.24) is 0 Å². The minimum absolute atomic E-state index is 0.209. The van der Waals surface area contributed by atoms with Crippen LogP contribution >= 0.6 is 0 Å². The summed E-state index contributed by atoms with van der Waals surface area (Å²) < 4.78 is 24.2. The summed E-state index contributed by atoms with van der Waals surface area (Å²) in [5.74, 6) is 2.27. The maximum atomic E-state index is 6.54. The van der Waals surface area contributed by atoms with Crippen molar-refractivity contribution in [2.24, 2.45) is 0 Å². The molecule has 0 amide bonds. The summed E-state index contributed by atoms with van der Waals surface area (Å²) >= 11 is 0. The van der Waals surface area contributed by atoms with E-state index in [1.165, 1.54) is 189 Å². The van der Waals surface area contributed by atoms with Crippen molar-refractivity contribution in [3.05, 3.63) is 58.7 Å². The van der Waals surface area contributed by atoms with Crippen LogP contribution in [0.2, 0.25) is 0 Å². The lowest BCUT2D eigenvalue weighted by atomic mass is 9.86. The second-order valence-corrected chi connectivity index (χ2v) is 17.2. The molecule has 0 saturated carbocycles. The minimum Gasteiger partial charge on any atom is -0.490 e. The molecular formula is C51H84O4. The van der Waals surface area contributed by atoms with Crippen LogP contribution in [0.15, 0.2) is 36.4 Å². The van der Waals surface area contributed by atoms with E-state index in [1.807, 2.05) is 0 Å². The summed E-state index contributed by atoms with van der Waals surface area (Å²) in [7, 11) is 0. The number of epoxide rings is 2. The number of aryl methyl sites for hydroxylation is 2. The molecular weight excluding hydrogens is 677 g/mol. The van der Waals surface area contributed by atoms with E-state index in [1.54, 1.807) is 0 Å². The third-order valence-electron chi connectivity index (χ3n) is 12.1. The van der Waals surface area contributed by atoms with Gasteiger partial charge in [-0.25, -0.2) is 0 Å². The van der Waals surface area contributed by atoms with Crippen molar-refractivity contribution < 1.29 is 18.9 Å². The summed E-state index contributed by atoms with van der Waals surface area (Å²) in [5, 5.41) is 0. The Morgan fingerprint density at radius 1 is 0.455 bits per heavy atom. The highest BCUT2D eigenvalue weighted by atomic mass is 16.6. The first-order chi connectivity index (χ1) is 27.2. The minimum atomic E-state index is 0.209. The number of rotatable bonds is 37. The lowest BCUT2D eigenvalue weighted by Gasteiger charge is -2.23. The number of ether oxygens (including phenoxy) is 4. The predicted octanol–water partition coefficient (Wildman–Crippen LogP) is 15.1. The van der Waals surface area contributed by atoms with E-state index in [4.69, 9.17) is 18.9 Å². The molecule has 0 N–H and O–H groups in total. The quantitative estimate of drug-likeness (QED) is 0.0508. The maximum absolute atomic E-state index is 6.54. The highest BCUT2D eigenvalue weighted by molar-refractivity contribution is 5.49. The van der Waals surface area contributed by atoms with Gasteiger partial charge in [0.25, 0.3) is 0 Å². The number of benzene rings is 2. The molecule has 0 aromatic heterocycles. The molecule has 0 aliphatic carbocycles. The Morgan fingerprint density at radius 2 is 0.764 bits per heavy atom. The molecule has 55 heavy (non-hydrogen) atoms. The first-order valence-electron chi connectivity index (χ1n) is 24.0. The molecule has 2 unspecified atom stereocenters. The van der Waals surface area contributed by atoms with Crippen LogP contribution < -0.4 is 9.47 Å². The van der Waals surface area contributed by atoms with E-state index in [9.17, 15) is 0 Å². The SMILES string of the molecule is CCCCCCCCCCCCCCCc1ccc(C(CC)c2ccc(CCCCCCCCCCCCCCC)cc2OCC2CO2)c(OCC2CO2)c1. The summed E-state index contributed by atoms with van der Waals surface area (Å²) in [5.41, 5.74) is 5.33. The lowest BCUT2D eigenvalue weighted by molar-refractivity contribution is 0.257. The van der Waals surface area contributed by atoms with Gasteiger partial charge in [-0.3, -0.25) is 0 Å². The fraction of sp³-hybridized carbons (Fsp3) is 0.765. The average Bonchev–Trinajstić information content (AvgIpc) is 4.15. The molecule has 2 aromatic rings. The van der Waals surface area contributed by atoms with Crippen molar-refractivity contribution in [2.45, 2.75) is 225 Å². The van der Waals surface area contributed by atoms with Gasteiger partial charge in [0.1, 0.15) is 36.9 Å². The Labute approximate surface area is 339 Å². The van der Waals surface area contributed by atoms with Gasteiger partial charge in [-0.05, 0) is 55.4 Å². The second-order valence-electron chi connectivity index (χ2n) is 17.2. The van der Waals surface area contributed by atoms with Crippen molar-refractivity contribution in [3.63, 3.8) is 0 Å². The largest absolute Gasteiger partial charge is 0.490 e. The van der Waals surface area contributed by atoms with Gasteiger partial charge in [0.05, 0.1) is 13.2 Å². The molecule has 2 aromatic carbocycles. The van der Waals surface area contributed by atoms with Crippen LogP contribution in [-0.2, 0) is 22.3 Å². The third-order valence-corrected chi connectivity index (χ3v) is 12.1. The van der Waals surface area contributed by atoms with Gasteiger partial charge >= 0.3 is 0 Å². The first-order valence-corrected chi connectivity index (χ1v) is 24.0. The van der Waals surface area contributed by atoms with Crippen molar-refractivity contribution in [3.8, 4) is 11.5 Å². The number of unbranched alkanes of at least 4 members (excludes halogenated alkanes) is 24. The molecule has 2 heterocycles. The Balaban J connectivity index is 1.24. The summed E-state index contributed by atoms with van der Waals surface area (Å²) in [4.78, 5) is 0. The van der Waals surface area contributed by atoms with Crippen LogP contribution in [0.25, 0.3) is 0 Å². The van der Waals surface area contributed by atoms with Crippen LogP contribution in [0.3, 0.4) is 0 Å². The predicted molar refractivity (Wildman–Crippen MR) is 234 cm³/mol. The van der Waals surface area contributed by atoms with Crippen molar-refractivity contribution in [2.75, 3.05) is 26.4 Å². The summed E-state index contributed by atoms with van der Waals surface area (Å²) in [6.45, 7) is 9.79. The Kier molecular flexibility index (Phi) is 24.3. The van der Waals surface area contributed by atoms with Gasteiger partial charge in [-0.2, -0.15) is 0 Å². The molecule has 0 bridgehead atoms. The molecule has 4 nitrogen and oxygen atoms in total. The summed E-state index contributed by atoms with van der Waals surface area (Å²) in [6, 6.07) is 14.1. The van der Waals surface area contributed by atoms with Gasteiger partial charge in [-0.15, -0.1) is 0 Å². The van der Waals surface area contributed by atoms with E-state index in [-0.39, 0.29) is 18.1 Å². The monoisotopic (exact) mass is 761 g/mol. The van der Waals surface area contributed by atoms with Crippen molar-refractivity contribution in [1.29, 1.82) is 0 Å². The van der Waals surface area contributed by atoms with Crippen LogP contribution in [0, 0.1) is 0 Å². The summed E-state index contributed by atoms with van der Waals surface area (Å²) in [6.07, 6.45) is 39.8. The molecule has 2 aliphatic heterocycles. The molecule has 4 heteroatoms. The Hall–Kier alpha value is -2.04. The molecule has 2 atom stereocenters. The van der Waals surface area contributed by atoms with Gasteiger partial charge in [0.15, 0.2) is 0 Å². The van der Waals surface area contributed by atoms with Gasteiger partial charge in [0.2, 0.25) is 0 Å². The Bertz CT molecular complexity index is 1140. The van der Waals surface area contributed by atoms with E-state index >= 15 is 0 Å². The third kappa shape index (κ3) is 20.3. The van der Waals surface area contributed by atoms with Crippen LogP contribution in [0.5, 0.6) is 11.5 Å². The number of hydrogen-bond donors (Lipinski definition) is 0. The van der Waals surface area contributed by atoms with Crippen LogP contribution in [0.4, 0.5) is 0 Å². The average molecular weight is 761 g/mol. The molecule has 4 rings (SSSR count). The maximum Gasteiger partial charge on any atom is 0.123 e. The van der Waals surface area contributed by atoms with E-state index in [0.29, 0.717) is 13.2 Å². The Morgan fingerprint density at radius 3 is 1.05 bits per heavy atom. The topological polar surface area (TPSA) is 43.5 Å². The second kappa shape index (κ2) is 29.2. The highest BCUT2D eigenvalue weighted by Gasteiger charge is 2.27. The smallest absolute Gasteiger partial charge is 0.123 e. The van der Waals surface area contributed by atoms with Crippen LogP contribution in [-0.4, -0.2) is 38.6 Å². The fourth-order valence-electron chi connectivity index (χ4n) is 8.29. The van der Waals surface area contributed by atoms with Gasteiger partial charge < -0.3 is 18.9 Å². The molecule has 0 radical (unpaired) electrons. The molecule has 2 fully saturated rings. The lowest BCUT2D eigenvalue weighted by Crippen LogP contribution is -2.12.